The number of ether oxygens (including phenoxy) is 1. The Morgan fingerprint density at radius 3 is 2.45 bits per heavy atom. The first-order valence-electron chi connectivity index (χ1n) is 6.64. The smallest absolute Gasteiger partial charge is 0.372 e. The summed E-state index contributed by atoms with van der Waals surface area (Å²) in [5.41, 5.74) is 1.12. The zero-order valence-electron chi connectivity index (χ0n) is 12.3. The molecular formula is C14H21F3IN3O. The lowest BCUT2D eigenvalue weighted by atomic mass is 10.2. The largest absolute Gasteiger partial charge is 0.411 e. The van der Waals surface area contributed by atoms with Gasteiger partial charge in [0.2, 0.25) is 0 Å². The first-order chi connectivity index (χ1) is 10.0. The third-order valence-corrected chi connectivity index (χ3v) is 2.55. The molecule has 0 saturated heterocycles. The number of guanidine groups is 1. The molecule has 2 N–H and O–H groups in total. The Labute approximate surface area is 145 Å². The SMILES string of the molecule is CN=C(NCCCOCC(F)(F)F)NCc1ccccc1.I. The maximum atomic E-state index is 11.8. The van der Waals surface area contributed by atoms with Gasteiger partial charge in [-0.05, 0) is 12.0 Å². The van der Waals surface area contributed by atoms with Crippen molar-refractivity contribution in [2.45, 2.75) is 19.1 Å². The van der Waals surface area contributed by atoms with Crippen LogP contribution in [0.4, 0.5) is 13.2 Å². The van der Waals surface area contributed by atoms with E-state index in [2.05, 4.69) is 20.4 Å². The van der Waals surface area contributed by atoms with E-state index in [9.17, 15) is 13.2 Å². The van der Waals surface area contributed by atoms with Crippen molar-refractivity contribution in [2.24, 2.45) is 4.99 Å². The number of hydrogen-bond donors (Lipinski definition) is 2. The van der Waals surface area contributed by atoms with E-state index in [1.54, 1.807) is 7.05 Å². The molecule has 1 aromatic rings. The minimum absolute atomic E-state index is 0. The van der Waals surface area contributed by atoms with Crippen LogP contribution in [0, 0.1) is 0 Å². The lowest BCUT2D eigenvalue weighted by Gasteiger charge is -2.12. The number of benzene rings is 1. The summed E-state index contributed by atoms with van der Waals surface area (Å²) in [7, 11) is 1.64. The quantitative estimate of drug-likeness (QED) is 0.302. The summed E-state index contributed by atoms with van der Waals surface area (Å²) in [6.07, 6.45) is -3.79. The summed E-state index contributed by atoms with van der Waals surface area (Å²) in [6, 6.07) is 9.82. The first kappa shape index (κ1) is 21.0. The third-order valence-electron chi connectivity index (χ3n) is 2.55. The van der Waals surface area contributed by atoms with Gasteiger partial charge in [0, 0.05) is 26.7 Å². The fraction of sp³-hybridized carbons (Fsp3) is 0.500. The van der Waals surface area contributed by atoms with Crippen molar-refractivity contribution in [2.75, 3.05) is 26.8 Å². The van der Waals surface area contributed by atoms with Gasteiger partial charge in [-0.3, -0.25) is 4.99 Å². The van der Waals surface area contributed by atoms with Crippen LogP contribution in [0.25, 0.3) is 0 Å². The van der Waals surface area contributed by atoms with E-state index < -0.39 is 12.8 Å². The van der Waals surface area contributed by atoms with Gasteiger partial charge in [0.15, 0.2) is 5.96 Å². The highest BCUT2D eigenvalue weighted by molar-refractivity contribution is 14.0. The van der Waals surface area contributed by atoms with Gasteiger partial charge in [-0.2, -0.15) is 13.2 Å². The summed E-state index contributed by atoms with van der Waals surface area (Å²) in [5.74, 6) is 0.606. The Morgan fingerprint density at radius 2 is 1.86 bits per heavy atom. The van der Waals surface area contributed by atoms with Crippen molar-refractivity contribution < 1.29 is 17.9 Å². The second-order valence-corrected chi connectivity index (χ2v) is 4.36. The van der Waals surface area contributed by atoms with Crippen LogP contribution in [0.1, 0.15) is 12.0 Å². The van der Waals surface area contributed by atoms with Crippen LogP contribution in [0.2, 0.25) is 0 Å². The van der Waals surface area contributed by atoms with E-state index in [1.807, 2.05) is 30.3 Å². The van der Waals surface area contributed by atoms with Crippen molar-refractivity contribution in [3.05, 3.63) is 35.9 Å². The van der Waals surface area contributed by atoms with Crippen molar-refractivity contribution >= 4 is 29.9 Å². The summed E-state index contributed by atoms with van der Waals surface area (Å²) >= 11 is 0. The molecule has 0 aliphatic heterocycles. The molecule has 0 bridgehead atoms. The van der Waals surface area contributed by atoms with Gasteiger partial charge in [-0.25, -0.2) is 0 Å². The standard InChI is InChI=1S/C14H20F3N3O.HI/c1-18-13(20-10-12-6-3-2-4-7-12)19-8-5-9-21-11-14(15,16)17;/h2-4,6-7H,5,8-11H2,1H3,(H2,18,19,20);1H. The minimum atomic E-state index is -4.26. The maximum absolute atomic E-state index is 11.8. The van der Waals surface area contributed by atoms with Crippen LogP contribution in [0.3, 0.4) is 0 Å². The number of nitrogens with zero attached hydrogens (tertiary/aromatic N) is 1. The van der Waals surface area contributed by atoms with Gasteiger partial charge in [0.1, 0.15) is 6.61 Å². The molecule has 8 heteroatoms. The summed E-state index contributed by atoms with van der Waals surface area (Å²) in [4.78, 5) is 4.03. The maximum Gasteiger partial charge on any atom is 0.411 e. The fourth-order valence-electron chi connectivity index (χ4n) is 1.57. The van der Waals surface area contributed by atoms with Crippen molar-refractivity contribution in [3.63, 3.8) is 0 Å². The number of halogens is 4. The number of rotatable bonds is 7. The van der Waals surface area contributed by atoms with E-state index in [0.717, 1.165) is 5.56 Å². The van der Waals surface area contributed by atoms with E-state index in [-0.39, 0.29) is 30.6 Å². The number of hydrogen-bond acceptors (Lipinski definition) is 2. The molecule has 126 valence electrons. The Kier molecular flexibility index (Phi) is 11.0. The Balaban J connectivity index is 0.00000441. The molecule has 1 rings (SSSR count). The monoisotopic (exact) mass is 431 g/mol. The molecule has 4 nitrogen and oxygen atoms in total. The summed E-state index contributed by atoms with van der Waals surface area (Å²) in [6.45, 7) is -0.0203. The second kappa shape index (κ2) is 11.5. The molecule has 0 fully saturated rings. The molecule has 0 atom stereocenters. The van der Waals surface area contributed by atoms with E-state index in [0.29, 0.717) is 25.5 Å². The van der Waals surface area contributed by atoms with Gasteiger partial charge in [-0.1, -0.05) is 30.3 Å². The fourth-order valence-corrected chi connectivity index (χ4v) is 1.57. The average molecular weight is 431 g/mol. The van der Waals surface area contributed by atoms with Gasteiger partial charge in [0.05, 0.1) is 0 Å². The second-order valence-electron chi connectivity index (χ2n) is 4.36. The number of aliphatic imine (C=N–C) groups is 1. The topological polar surface area (TPSA) is 45.7 Å². The lowest BCUT2D eigenvalue weighted by molar-refractivity contribution is -0.173. The van der Waals surface area contributed by atoms with E-state index in [4.69, 9.17) is 0 Å². The number of alkyl halides is 3. The van der Waals surface area contributed by atoms with Crippen LogP contribution in [-0.4, -0.2) is 38.9 Å². The van der Waals surface area contributed by atoms with Crippen LogP contribution in [0.5, 0.6) is 0 Å². The van der Waals surface area contributed by atoms with Gasteiger partial charge in [-0.15, -0.1) is 24.0 Å². The molecule has 0 spiro atoms. The highest BCUT2D eigenvalue weighted by Gasteiger charge is 2.27. The molecule has 0 radical (unpaired) electrons. The van der Waals surface area contributed by atoms with Gasteiger partial charge < -0.3 is 15.4 Å². The molecular weight excluding hydrogens is 410 g/mol. The molecule has 22 heavy (non-hydrogen) atoms. The van der Waals surface area contributed by atoms with Crippen molar-refractivity contribution in [3.8, 4) is 0 Å². The van der Waals surface area contributed by atoms with E-state index >= 15 is 0 Å². The van der Waals surface area contributed by atoms with Crippen LogP contribution in [0.15, 0.2) is 35.3 Å². The van der Waals surface area contributed by atoms with Crippen molar-refractivity contribution in [1.82, 2.24) is 10.6 Å². The van der Waals surface area contributed by atoms with Crippen LogP contribution >= 0.6 is 24.0 Å². The molecule has 0 aliphatic carbocycles. The Bertz CT molecular complexity index is 427. The zero-order valence-corrected chi connectivity index (χ0v) is 14.7. The Morgan fingerprint density at radius 1 is 1.18 bits per heavy atom. The molecule has 1 aromatic carbocycles. The van der Waals surface area contributed by atoms with Crippen LogP contribution in [-0.2, 0) is 11.3 Å². The Hall–Kier alpha value is -1.03. The van der Waals surface area contributed by atoms with Crippen LogP contribution < -0.4 is 10.6 Å². The normalized spacial score (nSPS) is 11.7. The lowest BCUT2D eigenvalue weighted by Crippen LogP contribution is -2.37. The highest BCUT2D eigenvalue weighted by Crippen LogP contribution is 2.14. The molecule has 0 heterocycles. The molecule has 0 unspecified atom stereocenters. The van der Waals surface area contributed by atoms with E-state index in [1.165, 1.54) is 0 Å². The highest BCUT2D eigenvalue weighted by atomic mass is 127. The van der Waals surface area contributed by atoms with Crippen molar-refractivity contribution in [1.29, 1.82) is 0 Å². The molecule has 0 amide bonds. The minimum Gasteiger partial charge on any atom is -0.372 e. The predicted octanol–water partition coefficient (Wildman–Crippen LogP) is 2.94. The predicted molar refractivity (Wildman–Crippen MR) is 91.5 cm³/mol. The summed E-state index contributed by atoms with van der Waals surface area (Å²) < 4.78 is 40.0. The molecule has 0 aromatic heterocycles. The van der Waals surface area contributed by atoms with Gasteiger partial charge >= 0.3 is 6.18 Å². The number of nitrogens with one attached hydrogen (secondary N) is 2. The third kappa shape index (κ3) is 10.7. The first-order valence-corrected chi connectivity index (χ1v) is 6.64. The zero-order chi connectivity index (χ0) is 15.6. The molecule has 0 aliphatic rings. The summed E-state index contributed by atoms with van der Waals surface area (Å²) in [5, 5.41) is 6.13. The molecule has 0 saturated carbocycles. The average Bonchev–Trinajstić information content (AvgIpc) is 2.45. The van der Waals surface area contributed by atoms with Gasteiger partial charge in [0.25, 0.3) is 0 Å².